The van der Waals surface area contributed by atoms with Crippen LogP contribution < -0.4 is 15.4 Å². The number of ether oxygens (including phenoxy) is 1. The van der Waals surface area contributed by atoms with Gasteiger partial charge in [-0.15, -0.1) is 11.8 Å². The molecule has 0 spiro atoms. The minimum Gasteiger partial charge on any atom is -0.496 e. The van der Waals surface area contributed by atoms with Crippen LogP contribution in [0.1, 0.15) is 56.2 Å². The number of nitrogens with one attached hydrogen (secondary N) is 2. The van der Waals surface area contributed by atoms with Gasteiger partial charge < -0.3 is 15.4 Å². The zero-order chi connectivity index (χ0) is 28.4. The molecule has 1 amide bonds. The molecule has 0 fully saturated rings. The summed E-state index contributed by atoms with van der Waals surface area (Å²) in [7, 11) is 1.66. The summed E-state index contributed by atoms with van der Waals surface area (Å²) in [6, 6.07) is 20.0. The van der Waals surface area contributed by atoms with E-state index in [1.165, 1.54) is 4.90 Å². The summed E-state index contributed by atoms with van der Waals surface area (Å²) in [6.45, 7) is 8.08. The summed E-state index contributed by atoms with van der Waals surface area (Å²) >= 11 is 1.74. The molecule has 2 aliphatic rings. The number of rotatable bonds is 7. The van der Waals surface area contributed by atoms with Crippen LogP contribution in [0.4, 0.5) is 5.82 Å². The van der Waals surface area contributed by atoms with E-state index in [0.29, 0.717) is 23.4 Å². The van der Waals surface area contributed by atoms with Crippen LogP contribution in [0.3, 0.4) is 0 Å². The Hall–Kier alpha value is -3.84. The van der Waals surface area contributed by atoms with E-state index in [4.69, 9.17) is 4.74 Å². The maximum absolute atomic E-state index is 13.8. The molecule has 2 heterocycles. The Bertz CT molecular complexity index is 1520. The summed E-state index contributed by atoms with van der Waals surface area (Å²) < 4.78 is 5.84. The predicted molar refractivity (Wildman–Crippen MR) is 160 cm³/mol. The Kier molecular flexibility index (Phi) is 7.86. The van der Waals surface area contributed by atoms with Gasteiger partial charge in [-0.1, -0.05) is 44.2 Å². The molecule has 1 aromatic heterocycles. The number of hydrogen-bond donors (Lipinski definition) is 2. The molecule has 206 valence electrons. The van der Waals surface area contributed by atoms with Gasteiger partial charge in [0.1, 0.15) is 11.6 Å². The van der Waals surface area contributed by atoms with Gasteiger partial charge in [0.15, 0.2) is 5.78 Å². The number of amides is 1. The summed E-state index contributed by atoms with van der Waals surface area (Å²) in [5, 5.41) is 6.40. The molecular weight excluding hydrogens is 518 g/mol. The number of aromatic nitrogens is 1. The monoisotopic (exact) mass is 553 g/mol. The number of Topliss-reactive ketones (excluding diaryl/α,β-unsaturated/α-hetero) is 1. The van der Waals surface area contributed by atoms with E-state index >= 15 is 0 Å². The second-order valence-corrected chi connectivity index (χ2v) is 12.3. The molecule has 2 aromatic carbocycles. The molecule has 1 atom stereocenters. The highest BCUT2D eigenvalue weighted by Crippen LogP contribution is 2.47. The number of nitrogens with zero attached hydrogens (tertiary/aromatic N) is 1. The molecule has 1 aliphatic carbocycles. The predicted octanol–water partition coefficient (Wildman–Crippen LogP) is 6.93. The van der Waals surface area contributed by atoms with Crippen molar-refractivity contribution in [3.8, 4) is 5.75 Å². The van der Waals surface area contributed by atoms with Gasteiger partial charge in [0.05, 0.1) is 7.11 Å². The van der Waals surface area contributed by atoms with Crippen LogP contribution in [0.5, 0.6) is 5.75 Å². The van der Waals surface area contributed by atoms with Gasteiger partial charge in [-0.3, -0.25) is 9.59 Å². The first-order chi connectivity index (χ1) is 19.1. The van der Waals surface area contributed by atoms with Crippen molar-refractivity contribution in [2.24, 2.45) is 5.41 Å². The van der Waals surface area contributed by atoms with Crippen molar-refractivity contribution in [1.29, 1.82) is 0 Å². The van der Waals surface area contributed by atoms with E-state index in [1.54, 1.807) is 25.1 Å². The maximum atomic E-state index is 13.8. The number of pyridine rings is 1. The van der Waals surface area contributed by atoms with Gasteiger partial charge in [-0.25, -0.2) is 4.98 Å². The lowest BCUT2D eigenvalue weighted by Crippen LogP contribution is -2.39. The lowest BCUT2D eigenvalue weighted by atomic mass is 9.68. The van der Waals surface area contributed by atoms with Crippen LogP contribution in [0.2, 0.25) is 0 Å². The summed E-state index contributed by atoms with van der Waals surface area (Å²) in [4.78, 5) is 33.0. The molecule has 0 bridgehead atoms. The molecule has 1 unspecified atom stereocenters. The van der Waals surface area contributed by atoms with Crippen molar-refractivity contribution in [2.75, 3.05) is 12.4 Å². The first kappa shape index (κ1) is 27.7. The minimum absolute atomic E-state index is 0.0675. The van der Waals surface area contributed by atoms with E-state index in [-0.39, 0.29) is 17.1 Å². The number of thioether (sulfide) groups is 1. The first-order valence-electron chi connectivity index (χ1n) is 13.5. The van der Waals surface area contributed by atoms with E-state index < -0.39 is 5.92 Å². The molecular formula is C33H35N3O3S. The number of benzene rings is 2. The van der Waals surface area contributed by atoms with Crippen molar-refractivity contribution >= 4 is 29.3 Å². The average molecular weight is 554 g/mol. The summed E-state index contributed by atoms with van der Waals surface area (Å²) in [5.74, 6) is 1.23. The molecule has 0 saturated heterocycles. The van der Waals surface area contributed by atoms with Gasteiger partial charge in [-0.05, 0) is 67.1 Å². The zero-order valence-electron chi connectivity index (χ0n) is 23.6. The Labute approximate surface area is 240 Å². The number of anilines is 1. The van der Waals surface area contributed by atoms with E-state index in [2.05, 4.69) is 47.7 Å². The average Bonchev–Trinajstić information content (AvgIpc) is 2.90. The van der Waals surface area contributed by atoms with Gasteiger partial charge >= 0.3 is 0 Å². The molecule has 6 nitrogen and oxygen atoms in total. The first-order valence-corrected chi connectivity index (χ1v) is 14.5. The topological polar surface area (TPSA) is 80.3 Å². The number of dihydropyridines is 1. The van der Waals surface area contributed by atoms with E-state index in [0.717, 1.165) is 46.0 Å². The zero-order valence-corrected chi connectivity index (χ0v) is 24.4. The highest BCUT2D eigenvalue weighted by molar-refractivity contribution is 7.98. The van der Waals surface area contributed by atoms with E-state index in [1.807, 2.05) is 56.3 Å². The van der Waals surface area contributed by atoms with Gasteiger partial charge in [0.2, 0.25) is 0 Å². The quantitative estimate of drug-likeness (QED) is 0.309. The Morgan fingerprint density at radius 1 is 1.10 bits per heavy atom. The fraction of sp³-hybridized carbons (Fsp3) is 0.303. The van der Waals surface area contributed by atoms with Crippen LogP contribution in [0, 0.1) is 12.3 Å². The van der Waals surface area contributed by atoms with Gasteiger partial charge in [0.25, 0.3) is 5.91 Å². The third-order valence-electron chi connectivity index (χ3n) is 7.42. The van der Waals surface area contributed by atoms with Crippen molar-refractivity contribution in [1.82, 2.24) is 10.3 Å². The third-order valence-corrected chi connectivity index (χ3v) is 8.48. The van der Waals surface area contributed by atoms with Crippen molar-refractivity contribution in [3.05, 3.63) is 106 Å². The molecule has 40 heavy (non-hydrogen) atoms. The lowest BCUT2D eigenvalue weighted by Gasteiger charge is -2.39. The number of allylic oxidation sites excluding steroid dienone is 3. The largest absolute Gasteiger partial charge is 0.496 e. The standard InChI is InChI=1S/C33H35N3O3S/c1-20-13-14-34-28(15-20)36-32(38)29-21(2)35-25-17-33(3,4)18-26(37)31(25)30(29)22-11-12-23(27(16-22)39-5)19-40-24-9-7-6-8-10-24/h6-16,30,35H,17-19H2,1-5H3,(H,34,36,38). The molecule has 1 aliphatic heterocycles. The van der Waals surface area contributed by atoms with Crippen molar-refractivity contribution < 1.29 is 14.3 Å². The fourth-order valence-electron chi connectivity index (χ4n) is 5.60. The molecule has 2 N–H and O–H groups in total. The van der Waals surface area contributed by atoms with Crippen LogP contribution in [-0.4, -0.2) is 23.8 Å². The fourth-order valence-corrected chi connectivity index (χ4v) is 6.51. The highest BCUT2D eigenvalue weighted by Gasteiger charge is 2.43. The molecule has 7 heteroatoms. The van der Waals surface area contributed by atoms with Crippen LogP contribution >= 0.6 is 11.8 Å². The Morgan fingerprint density at radius 3 is 2.60 bits per heavy atom. The Morgan fingerprint density at radius 2 is 1.88 bits per heavy atom. The smallest absolute Gasteiger partial charge is 0.255 e. The van der Waals surface area contributed by atoms with Crippen LogP contribution in [0.25, 0.3) is 0 Å². The highest BCUT2D eigenvalue weighted by atomic mass is 32.2. The number of methoxy groups -OCH3 is 1. The van der Waals surface area contributed by atoms with Gasteiger partial charge in [0, 0.05) is 57.3 Å². The van der Waals surface area contributed by atoms with E-state index in [9.17, 15) is 9.59 Å². The normalized spacial score (nSPS) is 18.2. The second kappa shape index (κ2) is 11.3. The van der Waals surface area contributed by atoms with Crippen molar-refractivity contribution in [2.45, 2.75) is 57.1 Å². The molecule has 3 aromatic rings. The van der Waals surface area contributed by atoms with Crippen LogP contribution in [-0.2, 0) is 15.3 Å². The van der Waals surface area contributed by atoms with Crippen LogP contribution in [0.15, 0.2) is 94.3 Å². The number of carbonyl (C=O) groups excluding carboxylic acids is 2. The minimum atomic E-state index is -0.519. The van der Waals surface area contributed by atoms with Crippen molar-refractivity contribution in [3.63, 3.8) is 0 Å². The second-order valence-electron chi connectivity index (χ2n) is 11.3. The summed E-state index contributed by atoms with van der Waals surface area (Å²) in [6.07, 6.45) is 2.84. The van der Waals surface area contributed by atoms with Gasteiger partial charge in [-0.2, -0.15) is 0 Å². The molecule has 0 saturated carbocycles. The SMILES string of the molecule is COc1cc(C2C(C(=O)Nc3cc(C)ccn3)=C(C)NC3=C2C(=O)CC(C)(C)C3)ccc1CSc1ccccc1. The number of aryl methyl sites for hydroxylation is 1. The summed E-state index contributed by atoms with van der Waals surface area (Å²) in [5.41, 5.74) is 5.57. The maximum Gasteiger partial charge on any atom is 0.255 e. The Balaban J connectivity index is 1.55. The number of ketones is 1. The third kappa shape index (κ3) is 5.85. The number of carbonyl (C=O) groups is 2. The molecule has 5 rings (SSSR count). The number of hydrogen-bond acceptors (Lipinski definition) is 6. The molecule has 0 radical (unpaired) electrons. The lowest BCUT2D eigenvalue weighted by molar-refractivity contribution is -0.118.